The second kappa shape index (κ2) is 13.7. The van der Waals surface area contributed by atoms with Gasteiger partial charge in [-0.05, 0) is 0 Å². The Hall–Kier alpha value is -11.3. The van der Waals surface area contributed by atoms with Crippen molar-refractivity contribution in [1.29, 1.82) is 0 Å². The van der Waals surface area contributed by atoms with E-state index in [-0.39, 0.29) is 0 Å². The van der Waals surface area contributed by atoms with E-state index in [2.05, 4.69) is 0 Å². The molecule has 28 heteroatoms. The number of hydrogen-bond donors (Lipinski definition) is 26. The molecule has 2 heterocycles. The van der Waals surface area contributed by atoms with Crippen LogP contribution in [0.5, 0.6) is 149 Å². The molecule has 0 radical (unpaired) electrons. The van der Waals surface area contributed by atoms with E-state index in [1.54, 1.807) is 0 Å². The van der Waals surface area contributed by atoms with Crippen LogP contribution in [0.25, 0.3) is 98.8 Å². The van der Waals surface area contributed by atoms with Gasteiger partial charge in [-0.2, -0.15) is 0 Å². The van der Waals surface area contributed by atoms with Gasteiger partial charge in [0.25, 0.3) is 0 Å². The molecule has 72 heavy (non-hydrogen) atoms. The Kier molecular flexibility index (Phi) is 8.44. The Morgan fingerprint density at radius 1 is 0.125 bits per heavy atom. The summed E-state index contributed by atoms with van der Waals surface area (Å²) in [6.07, 6.45) is 0. The summed E-state index contributed by atoms with van der Waals surface area (Å²) in [5, 5.41) is 280. The van der Waals surface area contributed by atoms with Gasteiger partial charge in [0.05, 0.1) is 43.8 Å². The van der Waals surface area contributed by atoms with Crippen molar-refractivity contribution in [2.45, 2.75) is 0 Å². The predicted octanol–water partition coefficient (Wildman–Crippen LogP) is 5.14. The monoisotopic (exact) mass is 1000 g/mol. The molecule has 0 aliphatic heterocycles. The highest BCUT2D eigenvalue weighted by molar-refractivity contribution is 6.33. The molecule has 0 saturated carbocycles. The fourth-order valence-corrected chi connectivity index (χ4v) is 9.02. The van der Waals surface area contributed by atoms with Crippen LogP contribution in [-0.4, -0.2) is 133 Å². The number of phenolic OH excluding ortho intramolecular Hbond substituents is 26. The van der Waals surface area contributed by atoms with Crippen LogP contribution in [0.15, 0.2) is 8.83 Å². The number of phenols is 26. The molecule has 370 valence electrons. The van der Waals surface area contributed by atoms with Crippen LogP contribution in [0.3, 0.4) is 0 Å². The minimum Gasteiger partial charge on any atom is -0.504 e. The van der Waals surface area contributed by atoms with Gasteiger partial charge < -0.3 is 142 Å². The highest BCUT2D eigenvalue weighted by atomic mass is 16.4. The Morgan fingerprint density at radius 2 is 0.292 bits per heavy atom. The molecule has 10 aromatic rings. The average molecular weight is 1000 g/mol. The summed E-state index contributed by atoms with van der Waals surface area (Å²) in [7, 11) is 0. The van der Waals surface area contributed by atoms with Crippen LogP contribution in [0.2, 0.25) is 0 Å². The summed E-state index contributed by atoms with van der Waals surface area (Å²) < 4.78 is 11.1. The van der Waals surface area contributed by atoms with Gasteiger partial charge >= 0.3 is 0 Å². The Balaban J connectivity index is 1.45. The zero-order valence-electron chi connectivity index (χ0n) is 34.4. The van der Waals surface area contributed by atoms with Gasteiger partial charge in [-0.15, -0.1) is 0 Å². The molecule has 8 aromatic carbocycles. The molecular weight excluding hydrogens is 976 g/mol. The van der Waals surface area contributed by atoms with Gasteiger partial charge in [0.2, 0.25) is 69.0 Å². The second-order valence-corrected chi connectivity index (χ2v) is 15.8. The van der Waals surface area contributed by atoms with E-state index in [9.17, 15) is 133 Å². The molecule has 0 atom stereocenters. The first-order valence-corrected chi connectivity index (χ1v) is 19.4. The number of fused-ring (bicyclic) bond motifs is 8. The largest absolute Gasteiger partial charge is 0.504 e. The lowest BCUT2D eigenvalue weighted by molar-refractivity contribution is 0.348. The lowest BCUT2D eigenvalue weighted by Gasteiger charge is -2.24. The van der Waals surface area contributed by atoms with Crippen molar-refractivity contribution in [2.75, 3.05) is 0 Å². The maximum Gasteiger partial charge on any atom is 0.208 e. The molecular formula is C44H26O28. The van der Waals surface area contributed by atoms with E-state index in [1.807, 2.05) is 0 Å². The number of aromatic hydroxyl groups is 26. The van der Waals surface area contributed by atoms with Crippen molar-refractivity contribution < 1.29 is 142 Å². The molecule has 0 aliphatic rings. The minimum absolute atomic E-state index is 0.927. The Labute approximate surface area is 389 Å². The molecule has 2 aromatic heterocycles. The van der Waals surface area contributed by atoms with Gasteiger partial charge in [0.1, 0.15) is 0 Å². The van der Waals surface area contributed by atoms with Crippen molar-refractivity contribution in [2.24, 2.45) is 0 Å². The van der Waals surface area contributed by atoms with Crippen LogP contribution < -0.4 is 0 Å². The predicted molar refractivity (Wildman–Crippen MR) is 236 cm³/mol. The van der Waals surface area contributed by atoms with Crippen molar-refractivity contribution in [3.8, 4) is 183 Å². The summed E-state index contributed by atoms with van der Waals surface area (Å²) in [4.78, 5) is 0. The summed E-state index contributed by atoms with van der Waals surface area (Å²) in [5.74, 6) is -42.0. The maximum atomic E-state index is 12.0. The number of benzene rings is 8. The van der Waals surface area contributed by atoms with E-state index in [1.165, 1.54) is 0 Å². The third-order valence-corrected chi connectivity index (χ3v) is 12.3. The lowest BCUT2D eigenvalue weighted by Crippen LogP contribution is -1.97. The maximum absolute atomic E-state index is 12.0. The van der Waals surface area contributed by atoms with Gasteiger partial charge in [-0.25, -0.2) is 0 Å². The molecule has 0 unspecified atom stereocenters. The second-order valence-electron chi connectivity index (χ2n) is 15.8. The fourth-order valence-electron chi connectivity index (χ4n) is 9.02. The zero-order valence-corrected chi connectivity index (χ0v) is 34.4. The highest BCUT2D eigenvalue weighted by Crippen LogP contribution is 2.69. The fraction of sp³-hybridized carbons (Fsp3) is 0. The molecule has 0 amide bonds. The highest BCUT2D eigenvalue weighted by Gasteiger charge is 2.41. The van der Waals surface area contributed by atoms with Crippen LogP contribution in [-0.2, 0) is 0 Å². The molecule has 0 spiro atoms. The standard InChI is InChI=1S/C44H26O28/c45-15-3-1(7-19(49)21(51)8(22(52)20(7)50)10-24(54)30(60)26(56)12-14-28(58)36(66)38(68)40(70)44(14)72-42(10)12)4-6(18(48)34(64)32(62)16(4)46)2(5(3)17(47)33(63)31(15)61)9-23(53)29(59)25(55)11-13-27(57)35(65)37(67)39(69)43(13)71-41(9)11/h45-70H. The number of hydrogen-bond acceptors (Lipinski definition) is 28. The van der Waals surface area contributed by atoms with Gasteiger partial charge in [-0.3, -0.25) is 0 Å². The van der Waals surface area contributed by atoms with E-state index < -0.39 is 248 Å². The number of furan rings is 2. The van der Waals surface area contributed by atoms with Gasteiger partial charge in [-0.1, -0.05) is 0 Å². The first kappa shape index (κ1) is 44.5. The van der Waals surface area contributed by atoms with E-state index in [0.29, 0.717) is 0 Å². The topological polar surface area (TPSA) is 552 Å². The molecule has 28 nitrogen and oxygen atoms in total. The molecule has 0 bridgehead atoms. The van der Waals surface area contributed by atoms with Gasteiger partial charge in [0.15, 0.2) is 103 Å². The molecule has 0 saturated heterocycles. The van der Waals surface area contributed by atoms with Crippen molar-refractivity contribution in [3.63, 3.8) is 0 Å². The Bertz CT molecular complexity index is 4160. The van der Waals surface area contributed by atoms with E-state index in [0.717, 1.165) is 0 Å². The molecule has 0 fully saturated rings. The smallest absolute Gasteiger partial charge is 0.208 e. The third kappa shape index (κ3) is 4.85. The van der Waals surface area contributed by atoms with Crippen LogP contribution >= 0.6 is 0 Å². The van der Waals surface area contributed by atoms with Crippen LogP contribution in [0.4, 0.5) is 0 Å². The quantitative estimate of drug-likeness (QED) is 0.0619. The summed E-state index contributed by atoms with van der Waals surface area (Å²) in [5.41, 5.74) is -12.7. The van der Waals surface area contributed by atoms with Crippen LogP contribution in [0, 0.1) is 0 Å². The van der Waals surface area contributed by atoms with Gasteiger partial charge in [0, 0.05) is 32.7 Å². The minimum atomic E-state index is -1.86. The Morgan fingerprint density at radius 3 is 0.569 bits per heavy atom. The van der Waals surface area contributed by atoms with Crippen molar-refractivity contribution in [1.82, 2.24) is 0 Å². The SMILES string of the molecule is Oc1c(O)c(-c2c3c(O)c(O)c(O)c(O)c3c(-c3c(O)c(O)c(O)c4c3oc3c(O)c(O)c(O)c(O)c34)c3c(O)c(O)c(O)c(O)c23)c(O)c(O)c1-c1c(O)c(O)c(O)c2c1oc1c(O)c(O)c(O)c(O)c12. The lowest BCUT2D eigenvalue weighted by atomic mass is 9.81. The van der Waals surface area contributed by atoms with E-state index in [4.69, 9.17) is 8.83 Å². The molecule has 0 aliphatic carbocycles. The first-order valence-electron chi connectivity index (χ1n) is 19.4. The summed E-state index contributed by atoms with van der Waals surface area (Å²) in [6.45, 7) is 0. The summed E-state index contributed by atoms with van der Waals surface area (Å²) in [6, 6.07) is 0. The average Bonchev–Trinajstić information content (AvgIpc) is 3.95. The number of rotatable bonds is 3. The molecule has 26 N–H and O–H groups in total. The normalized spacial score (nSPS) is 11.9. The summed E-state index contributed by atoms with van der Waals surface area (Å²) >= 11 is 0. The third-order valence-electron chi connectivity index (χ3n) is 12.3. The van der Waals surface area contributed by atoms with E-state index >= 15 is 0 Å². The van der Waals surface area contributed by atoms with Crippen molar-refractivity contribution >= 4 is 65.4 Å². The van der Waals surface area contributed by atoms with Crippen LogP contribution in [0.1, 0.15) is 0 Å². The van der Waals surface area contributed by atoms with Crippen molar-refractivity contribution in [3.05, 3.63) is 0 Å². The first-order chi connectivity index (χ1) is 33.6. The molecule has 10 rings (SSSR count). The zero-order chi connectivity index (χ0) is 52.8.